The minimum absolute atomic E-state index is 0.0471. The Bertz CT molecular complexity index is 692. The van der Waals surface area contributed by atoms with E-state index < -0.39 is 5.91 Å². The van der Waals surface area contributed by atoms with E-state index in [1.54, 1.807) is 6.92 Å². The van der Waals surface area contributed by atoms with E-state index in [9.17, 15) is 4.79 Å². The van der Waals surface area contributed by atoms with Gasteiger partial charge in [0.2, 0.25) is 0 Å². The zero-order valence-electron chi connectivity index (χ0n) is 9.92. The first-order chi connectivity index (χ1) is 9.38. The number of nitrogens with one attached hydrogen (secondary N) is 1. The van der Waals surface area contributed by atoms with E-state index in [0.29, 0.717) is 10.7 Å². The molecule has 104 valence electrons. The highest BCUT2D eigenvalue weighted by atomic mass is 35.5. The molecule has 0 fully saturated rings. The normalized spacial score (nSPS) is 10.4. The summed E-state index contributed by atoms with van der Waals surface area (Å²) in [6.07, 6.45) is 0. The molecule has 0 aliphatic heterocycles. The zero-order chi connectivity index (χ0) is 14.9. The van der Waals surface area contributed by atoms with E-state index in [1.165, 1.54) is 12.1 Å². The number of anilines is 1. The van der Waals surface area contributed by atoms with Gasteiger partial charge in [0.15, 0.2) is 16.1 Å². The smallest absolute Gasteiger partial charge is 0.260 e. The third kappa shape index (κ3) is 3.30. The van der Waals surface area contributed by atoms with Crippen molar-refractivity contribution in [2.45, 2.75) is 6.92 Å². The second-order valence-electron chi connectivity index (χ2n) is 3.71. The molecule has 1 N–H and O–H groups in total. The number of carbonyl (C=O) groups is 1. The molecule has 0 atom stereocenters. The van der Waals surface area contributed by atoms with Crippen molar-refractivity contribution >= 4 is 58.1 Å². The van der Waals surface area contributed by atoms with Gasteiger partial charge in [-0.05, 0) is 19.1 Å². The lowest BCUT2D eigenvalue weighted by atomic mass is 10.3. The van der Waals surface area contributed by atoms with Crippen LogP contribution in [0.25, 0.3) is 0 Å². The predicted octanol–water partition coefficient (Wildman–Crippen LogP) is 4.05. The SMILES string of the molecule is Cc1nc(NC(=O)c2cc(Cl)nnc2Cl)c(Cl)cc1Cl. The molecule has 0 aliphatic carbocycles. The van der Waals surface area contributed by atoms with Crippen LogP contribution in [0.3, 0.4) is 0 Å². The fraction of sp³-hybridized carbons (Fsp3) is 0.0909. The molecule has 0 radical (unpaired) electrons. The van der Waals surface area contributed by atoms with Crippen molar-refractivity contribution in [2.75, 3.05) is 5.32 Å². The molecule has 5 nitrogen and oxygen atoms in total. The quantitative estimate of drug-likeness (QED) is 0.886. The Kier molecular flexibility index (Phi) is 4.65. The standard InChI is InChI=1S/C11H6Cl4N4O/c1-4-6(12)3-7(13)10(16-4)17-11(20)5-2-8(14)18-19-9(5)15/h2-3H,1H3,(H,16,17,20). The average Bonchev–Trinajstić information content (AvgIpc) is 2.38. The van der Waals surface area contributed by atoms with Gasteiger partial charge in [-0.1, -0.05) is 46.4 Å². The van der Waals surface area contributed by atoms with E-state index in [0.717, 1.165) is 0 Å². The Hall–Kier alpha value is -1.14. The van der Waals surface area contributed by atoms with Gasteiger partial charge in [0, 0.05) is 0 Å². The first-order valence-electron chi connectivity index (χ1n) is 5.21. The monoisotopic (exact) mass is 350 g/mol. The van der Waals surface area contributed by atoms with Gasteiger partial charge in [0.1, 0.15) is 0 Å². The zero-order valence-corrected chi connectivity index (χ0v) is 12.9. The van der Waals surface area contributed by atoms with Crippen molar-refractivity contribution in [1.82, 2.24) is 15.2 Å². The number of hydrogen-bond acceptors (Lipinski definition) is 4. The Morgan fingerprint density at radius 1 is 1.10 bits per heavy atom. The summed E-state index contributed by atoms with van der Waals surface area (Å²) >= 11 is 23.3. The van der Waals surface area contributed by atoms with Crippen LogP contribution < -0.4 is 5.32 Å². The van der Waals surface area contributed by atoms with Crippen LogP contribution in [0, 0.1) is 6.92 Å². The molecule has 0 bridgehead atoms. The molecule has 9 heteroatoms. The number of aryl methyl sites for hydroxylation is 1. The van der Waals surface area contributed by atoms with E-state index in [1.807, 2.05) is 0 Å². The molecule has 0 unspecified atom stereocenters. The van der Waals surface area contributed by atoms with Crippen LogP contribution in [0.1, 0.15) is 16.1 Å². The number of hydrogen-bond donors (Lipinski definition) is 1. The summed E-state index contributed by atoms with van der Waals surface area (Å²) in [7, 11) is 0. The third-order valence-corrected chi connectivity index (χ3v) is 3.44. The van der Waals surface area contributed by atoms with Crippen LogP contribution in [0.2, 0.25) is 20.4 Å². The largest absolute Gasteiger partial charge is 0.305 e. The average molecular weight is 352 g/mol. The van der Waals surface area contributed by atoms with Crippen molar-refractivity contribution in [3.8, 4) is 0 Å². The number of nitrogens with zero attached hydrogens (tertiary/aromatic N) is 3. The topological polar surface area (TPSA) is 67.8 Å². The van der Waals surface area contributed by atoms with Gasteiger partial charge >= 0.3 is 0 Å². The van der Waals surface area contributed by atoms with E-state index in [4.69, 9.17) is 46.4 Å². The van der Waals surface area contributed by atoms with Crippen molar-refractivity contribution in [3.63, 3.8) is 0 Å². The van der Waals surface area contributed by atoms with Gasteiger partial charge in [-0.25, -0.2) is 4.98 Å². The van der Waals surface area contributed by atoms with Crippen LogP contribution >= 0.6 is 46.4 Å². The first-order valence-corrected chi connectivity index (χ1v) is 6.72. The highest BCUT2D eigenvalue weighted by Crippen LogP contribution is 2.26. The molecular formula is C11H6Cl4N4O. The summed E-state index contributed by atoms with van der Waals surface area (Å²) in [4.78, 5) is 16.2. The van der Waals surface area contributed by atoms with Crippen LogP contribution in [-0.4, -0.2) is 21.1 Å². The van der Waals surface area contributed by atoms with Gasteiger partial charge < -0.3 is 5.32 Å². The molecule has 2 rings (SSSR count). The molecule has 0 saturated carbocycles. The molecular weight excluding hydrogens is 346 g/mol. The summed E-state index contributed by atoms with van der Waals surface area (Å²) in [5.74, 6) is -0.384. The Morgan fingerprint density at radius 2 is 1.80 bits per heavy atom. The summed E-state index contributed by atoms with van der Waals surface area (Å²) < 4.78 is 0. The minimum atomic E-state index is -0.553. The Morgan fingerprint density at radius 3 is 2.50 bits per heavy atom. The van der Waals surface area contributed by atoms with Crippen molar-refractivity contribution in [1.29, 1.82) is 0 Å². The van der Waals surface area contributed by atoms with Gasteiger partial charge in [-0.2, -0.15) is 0 Å². The highest BCUT2D eigenvalue weighted by Gasteiger charge is 2.16. The number of rotatable bonds is 2. The number of carbonyl (C=O) groups excluding carboxylic acids is 1. The van der Waals surface area contributed by atoms with Gasteiger partial charge in [0.05, 0.1) is 21.3 Å². The van der Waals surface area contributed by atoms with Crippen LogP contribution in [-0.2, 0) is 0 Å². The van der Waals surface area contributed by atoms with E-state index in [-0.39, 0.29) is 26.7 Å². The molecule has 1 amide bonds. The molecule has 2 aromatic heterocycles. The third-order valence-electron chi connectivity index (χ3n) is 2.30. The lowest BCUT2D eigenvalue weighted by Gasteiger charge is -2.08. The highest BCUT2D eigenvalue weighted by molar-refractivity contribution is 6.37. The van der Waals surface area contributed by atoms with Crippen molar-refractivity contribution < 1.29 is 4.79 Å². The molecule has 2 aromatic rings. The summed E-state index contributed by atoms with van der Waals surface area (Å²) in [6.45, 7) is 1.69. The fourth-order valence-corrected chi connectivity index (χ4v) is 2.06. The molecule has 0 spiro atoms. The first kappa shape index (κ1) is 15.3. The van der Waals surface area contributed by atoms with Gasteiger partial charge in [-0.3, -0.25) is 4.79 Å². The summed E-state index contributed by atoms with van der Waals surface area (Å²) in [5, 5.41) is 10.2. The van der Waals surface area contributed by atoms with Gasteiger partial charge in [-0.15, -0.1) is 10.2 Å². The number of aromatic nitrogens is 3. The Balaban J connectivity index is 2.32. The lowest BCUT2D eigenvalue weighted by Crippen LogP contribution is -2.15. The van der Waals surface area contributed by atoms with Gasteiger partial charge in [0.25, 0.3) is 5.91 Å². The summed E-state index contributed by atoms with van der Waals surface area (Å²) in [5.41, 5.74) is 0.598. The molecule has 20 heavy (non-hydrogen) atoms. The van der Waals surface area contributed by atoms with Crippen LogP contribution in [0.15, 0.2) is 12.1 Å². The molecule has 2 heterocycles. The lowest BCUT2D eigenvalue weighted by molar-refractivity contribution is 0.102. The number of amides is 1. The maximum Gasteiger partial charge on any atom is 0.260 e. The maximum absolute atomic E-state index is 12.1. The second-order valence-corrected chi connectivity index (χ2v) is 5.27. The number of halogens is 4. The summed E-state index contributed by atoms with van der Waals surface area (Å²) in [6, 6.07) is 2.78. The van der Waals surface area contributed by atoms with E-state index >= 15 is 0 Å². The molecule has 0 saturated heterocycles. The van der Waals surface area contributed by atoms with Crippen LogP contribution in [0.4, 0.5) is 5.82 Å². The van der Waals surface area contributed by atoms with E-state index in [2.05, 4.69) is 20.5 Å². The minimum Gasteiger partial charge on any atom is -0.305 e. The molecule has 0 aromatic carbocycles. The maximum atomic E-state index is 12.1. The number of pyridine rings is 1. The second kappa shape index (κ2) is 6.10. The molecule has 0 aliphatic rings. The van der Waals surface area contributed by atoms with Crippen molar-refractivity contribution in [2.24, 2.45) is 0 Å². The van der Waals surface area contributed by atoms with Crippen molar-refractivity contribution in [3.05, 3.63) is 43.7 Å². The van der Waals surface area contributed by atoms with Crippen LogP contribution in [0.5, 0.6) is 0 Å². The fourth-order valence-electron chi connectivity index (χ4n) is 1.33. The predicted molar refractivity (Wildman–Crippen MR) is 79.0 cm³/mol. The Labute approximate surface area is 134 Å².